The minimum absolute atomic E-state index is 0.0104. The van der Waals surface area contributed by atoms with Gasteiger partial charge < -0.3 is 16.4 Å². The summed E-state index contributed by atoms with van der Waals surface area (Å²) in [5.41, 5.74) is 6.87. The van der Waals surface area contributed by atoms with E-state index in [1.54, 1.807) is 24.3 Å². The summed E-state index contributed by atoms with van der Waals surface area (Å²) in [6.45, 7) is 1.70. The van der Waals surface area contributed by atoms with Gasteiger partial charge in [-0.3, -0.25) is 15.0 Å². The second-order valence-corrected chi connectivity index (χ2v) is 3.80. The number of carbonyl (C=O) groups is 2. The minimum Gasteiger partial charge on any atom is -0.384 e. The molecule has 1 rings (SSSR count). The highest BCUT2D eigenvalue weighted by molar-refractivity contribution is 5.94. The molecule has 1 aromatic rings. The highest BCUT2D eigenvalue weighted by Gasteiger charge is 2.02. The third kappa shape index (κ3) is 4.65. The molecular weight excluding hydrogens is 232 g/mol. The van der Waals surface area contributed by atoms with Crippen molar-refractivity contribution in [2.75, 3.05) is 6.54 Å². The number of nitrogen functional groups attached to an aromatic ring is 1. The normalized spacial score (nSPS) is 9.61. The first kappa shape index (κ1) is 13.7. The molecule has 5 N–H and O–H groups in total. The van der Waals surface area contributed by atoms with Gasteiger partial charge in [0.1, 0.15) is 5.84 Å². The molecule has 0 heterocycles. The van der Waals surface area contributed by atoms with Crippen LogP contribution in [-0.2, 0) is 16.1 Å². The molecule has 96 valence electrons. The Labute approximate surface area is 105 Å². The van der Waals surface area contributed by atoms with Crippen molar-refractivity contribution in [3.05, 3.63) is 35.4 Å². The number of carbonyl (C=O) groups excluding carboxylic acids is 2. The molecule has 0 aromatic heterocycles. The molecule has 0 aliphatic rings. The van der Waals surface area contributed by atoms with Crippen molar-refractivity contribution in [2.45, 2.75) is 13.5 Å². The Kier molecular flexibility index (Phi) is 4.86. The van der Waals surface area contributed by atoms with Gasteiger partial charge in [-0.2, -0.15) is 0 Å². The van der Waals surface area contributed by atoms with E-state index >= 15 is 0 Å². The Morgan fingerprint density at radius 3 is 2.33 bits per heavy atom. The van der Waals surface area contributed by atoms with Crippen LogP contribution in [0.4, 0.5) is 0 Å². The molecule has 0 aliphatic heterocycles. The summed E-state index contributed by atoms with van der Waals surface area (Å²) in [5, 5.41) is 12.3. The smallest absolute Gasteiger partial charge is 0.239 e. The van der Waals surface area contributed by atoms with Crippen LogP contribution in [0, 0.1) is 5.41 Å². The molecule has 6 heteroatoms. The maximum Gasteiger partial charge on any atom is 0.239 e. The molecule has 0 fully saturated rings. The number of benzene rings is 1. The first-order valence-electron chi connectivity index (χ1n) is 5.43. The Bertz CT molecular complexity index is 454. The van der Waals surface area contributed by atoms with Crippen molar-refractivity contribution in [1.29, 1.82) is 5.41 Å². The molecule has 0 bridgehead atoms. The Hall–Kier alpha value is -2.37. The van der Waals surface area contributed by atoms with Gasteiger partial charge in [0.05, 0.1) is 6.54 Å². The standard InChI is InChI=1S/C12H16N4O2/c1-8(17)15-7-11(18)16-6-9-2-4-10(5-3-9)12(13)14/h2-5H,6-7H2,1H3,(H3,13,14)(H,15,17)(H,16,18). The fourth-order valence-electron chi connectivity index (χ4n) is 1.27. The predicted molar refractivity (Wildman–Crippen MR) is 68.0 cm³/mol. The van der Waals surface area contributed by atoms with Gasteiger partial charge in [-0.1, -0.05) is 24.3 Å². The summed E-state index contributed by atoms with van der Waals surface area (Å²) < 4.78 is 0. The molecule has 0 saturated carbocycles. The van der Waals surface area contributed by atoms with E-state index < -0.39 is 0 Å². The number of nitrogens with two attached hydrogens (primary N) is 1. The molecule has 2 amide bonds. The lowest BCUT2D eigenvalue weighted by Crippen LogP contribution is -2.35. The van der Waals surface area contributed by atoms with Gasteiger partial charge in [0.2, 0.25) is 11.8 Å². The van der Waals surface area contributed by atoms with Gasteiger partial charge in [-0.25, -0.2) is 0 Å². The average Bonchev–Trinajstić information content (AvgIpc) is 2.34. The fourth-order valence-corrected chi connectivity index (χ4v) is 1.27. The number of amidine groups is 1. The SMILES string of the molecule is CC(=O)NCC(=O)NCc1ccc(C(=N)N)cc1. The topological polar surface area (TPSA) is 108 Å². The van der Waals surface area contributed by atoms with Gasteiger partial charge in [-0.15, -0.1) is 0 Å². The fraction of sp³-hybridized carbons (Fsp3) is 0.250. The lowest BCUT2D eigenvalue weighted by molar-refractivity contribution is -0.125. The third-order valence-corrected chi connectivity index (χ3v) is 2.25. The Morgan fingerprint density at radius 1 is 1.22 bits per heavy atom. The van der Waals surface area contributed by atoms with Crippen molar-refractivity contribution < 1.29 is 9.59 Å². The van der Waals surface area contributed by atoms with Crippen LogP contribution in [0.5, 0.6) is 0 Å². The van der Waals surface area contributed by atoms with Crippen LogP contribution in [0.3, 0.4) is 0 Å². The minimum atomic E-state index is -0.249. The van der Waals surface area contributed by atoms with Crippen LogP contribution in [0.2, 0.25) is 0 Å². The third-order valence-electron chi connectivity index (χ3n) is 2.25. The second-order valence-electron chi connectivity index (χ2n) is 3.80. The van der Waals surface area contributed by atoms with Crippen molar-refractivity contribution in [3.8, 4) is 0 Å². The number of nitrogens with one attached hydrogen (secondary N) is 3. The molecule has 18 heavy (non-hydrogen) atoms. The van der Waals surface area contributed by atoms with Crippen molar-refractivity contribution >= 4 is 17.6 Å². The summed E-state index contributed by atoms with van der Waals surface area (Å²) in [6.07, 6.45) is 0. The summed E-state index contributed by atoms with van der Waals surface area (Å²) in [7, 11) is 0. The van der Waals surface area contributed by atoms with Crippen LogP contribution in [0.1, 0.15) is 18.1 Å². The van der Waals surface area contributed by atoms with Crippen molar-refractivity contribution in [1.82, 2.24) is 10.6 Å². The summed E-state index contributed by atoms with van der Waals surface area (Å²) in [6, 6.07) is 7.01. The van der Waals surface area contributed by atoms with E-state index in [1.165, 1.54) is 6.92 Å². The lowest BCUT2D eigenvalue weighted by Gasteiger charge is -2.06. The van der Waals surface area contributed by atoms with Crippen LogP contribution in [0.15, 0.2) is 24.3 Å². The van der Waals surface area contributed by atoms with Gasteiger partial charge in [-0.05, 0) is 5.56 Å². The second kappa shape index (κ2) is 6.39. The molecule has 0 atom stereocenters. The van der Waals surface area contributed by atoms with E-state index in [0.29, 0.717) is 12.1 Å². The molecule has 0 unspecified atom stereocenters. The van der Waals surface area contributed by atoms with E-state index in [4.69, 9.17) is 11.1 Å². The molecule has 1 aromatic carbocycles. The average molecular weight is 248 g/mol. The maximum atomic E-state index is 11.3. The van der Waals surface area contributed by atoms with E-state index in [9.17, 15) is 9.59 Å². The van der Waals surface area contributed by atoms with Gasteiger partial charge in [0.25, 0.3) is 0 Å². The molecule has 6 nitrogen and oxygen atoms in total. The predicted octanol–water partition coefficient (Wildman–Crippen LogP) is -0.277. The summed E-state index contributed by atoms with van der Waals surface area (Å²) in [4.78, 5) is 21.9. The zero-order valence-electron chi connectivity index (χ0n) is 10.1. The number of hydrogen-bond donors (Lipinski definition) is 4. The van der Waals surface area contributed by atoms with Crippen LogP contribution in [0.25, 0.3) is 0 Å². The molecule has 0 aliphatic carbocycles. The summed E-state index contributed by atoms with van der Waals surface area (Å²) in [5.74, 6) is -0.479. The van der Waals surface area contributed by atoms with Crippen LogP contribution in [-0.4, -0.2) is 24.2 Å². The molecule has 0 saturated heterocycles. The maximum absolute atomic E-state index is 11.3. The van der Waals surface area contributed by atoms with Gasteiger partial charge in [0, 0.05) is 19.0 Å². The highest BCUT2D eigenvalue weighted by atomic mass is 16.2. The zero-order chi connectivity index (χ0) is 13.5. The highest BCUT2D eigenvalue weighted by Crippen LogP contribution is 2.03. The van der Waals surface area contributed by atoms with E-state index in [0.717, 1.165) is 5.56 Å². The molecular formula is C12H16N4O2. The summed E-state index contributed by atoms with van der Waals surface area (Å²) >= 11 is 0. The first-order chi connectivity index (χ1) is 8.49. The number of rotatable bonds is 5. The van der Waals surface area contributed by atoms with Crippen molar-refractivity contribution in [3.63, 3.8) is 0 Å². The van der Waals surface area contributed by atoms with E-state index in [1.807, 2.05) is 0 Å². The first-order valence-corrected chi connectivity index (χ1v) is 5.43. The quantitative estimate of drug-likeness (QED) is 0.425. The van der Waals surface area contributed by atoms with E-state index in [-0.39, 0.29) is 24.2 Å². The number of hydrogen-bond acceptors (Lipinski definition) is 3. The lowest BCUT2D eigenvalue weighted by atomic mass is 10.1. The zero-order valence-corrected chi connectivity index (χ0v) is 10.1. The van der Waals surface area contributed by atoms with Crippen molar-refractivity contribution in [2.24, 2.45) is 5.73 Å². The monoisotopic (exact) mass is 248 g/mol. The van der Waals surface area contributed by atoms with Crippen LogP contribution < -0.4 is 16.4 Å². The van der Waals surface area contributed by atoms with E-state index in [2.05, 4.69) is 10.6 Å². The van der Waals surface area contributed by atoms with Gasteiger partial charge in [0.15, 0.2) is 0 Å². The molecule has 0 spiro atoms. The number of amides is 2. The molecule has 0 radical (unpaired) electrons. The Balaban J connectivity index is 2.41. The largest absolute Gasteiger partial charge is 0.384 e. The van der Waals surface area contributed by atoms with Crippen LogP contribution >= 0.6 is 0 Å². The van der Waals surface area contributed by atoms with Gasteiger partial charge >= 0.3 is 0 Å². The Morgan fingerprint density at radius 2 is 1.83 bits per heavy atom.